The van der Waals surface area contributed by atoms with E-state index in [4.69, 9.17) is 5.73 Å². The second kappa shape index (κ2) is 21.8. The van der Waals surface area contributed by atoms with E-state index in [2.05, 4.69) is 46.4 Å². The Morgan fingerprint density at radius 3 is 1.63 bits per heavy atom. The molecular formula is C42H27N10Na3O11S2. The van der Waals surface area contributed by atoms with Crippen molar-refractivity contribution in [1.82, 2.24) is 15.0 Å². The van der Waals surface area contributed by atoms with Gasteiger partial charge in [0, 0.05) is 33.8 Å². The van der Waals surface area contributed by atoms with Gasteiger partial charge in [-0.1, -0.05) is 42.5 Å². The molecule has 6 aromatic carbocycles. The predicted octanol–water partition coefficient (Wildman–Crippen LogP) is -3.49. The summed E-state index contributed by atoms with van der Waals surface area (Å²) in [6.07, 6.45) is 0. The maximum atomic E-state index is 13.8. The van der Waals surface area contributed by atoms with Gasteiger partial charge in [-0.2, -0.15) is 25.2 Å². The van der Waals surface area contributed by atoms with Crippen molar-refractivity contribution in [3.05, 3.63) is 149 Å². The monoisotopic (exact) mass is 980 g/mol. The molecule has 1 aromatic heterocycles. The van der Waals surface area contributed by atoms with Gasteiger partial charge in [0.05, 0.1) is 55.3 Å². The Hall–Kier alpha value is -5.64. The van der Waals surface area contributed by atoms with Gasteiger partial charge in [0.2, 0.25) is 17.8 Å². The molecule has 0 saturated carbocycles. The Balaban J connectivity index is 0.00000288. The molecule has 0 aliphatic heterocycles. The van der Waals surface area contributed by atoms with Crippen LogP contribution in [0.2, 0.25) is 0 Å². The topological polar surface area (TPSA) is 346 Å². The number of carboxylic acids is 1. The number of hydrogen-bond acceptors (Lipinski definition) is 21. The Labute approximate surface area is 452 Å². The molecule has 0 saturated heterocycles. The second-order valence-electron chi connectivity index (χ2n) is 13.8. The van der Waals surface area contributed by atoms with Crippen LogP contribution in [0.5, 0.6) is 5.75 Å². The van der Waals surface area contributed by atoms with E-state index in [-0.39, 0.29) is 135 Å². The third-order valence-electron chi connectivity index (χ3n) is 9.52. The number of nitrogens with one attached hydrogen (secondary N) is 4. The number of azo groups is 1. The van der Waals surface area contributed by atoms with E-state index in [1.54, 1.807) is 54.6 Å². The first-order valence-corrected chi connectivity index (χ1v) is 21.4. The summed E-state index contributed by atoms with van der Waals surface area (Å²) in [5.74, 6) is -4.03. The normalized spacial score (nSPS) is 11.8. The van der Waals surface area contributed by atoms with Crippen molar-refractivity contribution in [3.63, 3.8) is 0 Å². The number of nitrogen functional groups attached to an aromatic ring is 1. The van der Waals surface area contributed by atoms with Gasteiger partial charge in [0.15, 0.2) is 11.6 Å². The summed E-state index contributed by atoms with van der Waals surface area (Å²) >= 11 is 0. The van der Waals surface area contributed by atoms with E-state index >= 15 is 0 Å². The molecule has 326 valence electrons. The maximum Gasteiger partial charge on any atom is 1.00 e. The zero-order valence-electron chi connectivity index (χ0n) is 35.7. The van der Waals surface area contributed by atoms with Gasteiger partial charge in [0.1, 0.15) is 26.0 Å². The summed E-state index contributed by atoms with van der Waals surface area (Å²) < 4.78 is 75.3. The number of aromatic carboxylic acids is 1. The summed E-state index contributed by atoms with van der Waals surface area (Å²) in [6, 6.07) is 28.3. The minimum Gasteiger partial charge on any atom is -0.744 e. The van der Waals surface area contributed by atoms with Crippen LogP contribution in [0.1, 0.15) is 42.2 Å². The largest absolute Gasteiger partial charge is 1.00 e. The molecule has 0 spiro atoms. The number of carbonyl (C=O) groups excluding carboxylic acids is 3. The first kappa shape index (κ1) is 53.3. The van der Waals surface area contributed by atoms with E-state index in [9.17, 15) is 50.5 Å². The van der Waals surface area contributed by atoms with Gasteiger partial charge in [-0.3, -0.25) is 9.59 Å². The van der Waals surface area contributed by atoms with E-state index in [1.165, 1.54) is 36.4 Å². The van der Waals surface area contributed by atoms with Gasteiger partial charge < -0.3 is 51.1 Å². The molecule has 8 rings (SSSR count). The number of anilines is 9. The summed E-state index contributed by atoms with van der Waals surface area (Å²) in [6.45, 7) is 0. The van der Waals surface area contributed by atoms with Crippen molar-refractivity contribution < 1.29 is 139 Å². The van der Waals surface area contributed by atoms with Crippen LogP contribution in [-0.4, -0.2) is 63.5 Å². The van der Waals surface area contributed by atoms with E-state index < -0.39 is 81.4 Å². The van der Waals surface area contributed by atoms with E-state index in [1.807, 2.05) is 0 Å². The van der Waals surface area contributed by atoms with Crippen LogP contribution in [0.3, 0.4) is 0 Å². The third kappa shape index (κ3) is 11.8. The molecule has 0 atom stereocenters. The summed E-state index contributed by atoms with van der Waals surface area (Å²) in [5, 5.41) is 40.4. The number of carbonyl (C=O) groups is 3. The number of para-hydroxylation sites is 1. The van der Waals surface area contributed by atoms with Gasteiger partial charge in [0.25, 0.3) is 0 Å². The van der Waals surface area contributed by atoms with E-state index in [0.29, 0.717) is 17.1 Å². The number of nitrogens with two attached hydrogens (primary N) is 1. The van der Waals surface area contributed by atoms with Crippen molar-refractivity contribution in [3.8, 4) is 5.75 Å². The number of benzene rings is 6. The molecule has 0 unspecified atom stereocenters. The SMILES string of the molecule is Nc1c(S(=O)(=O)[O-])cc(Nc2ccc(Nc3nc(Nc4ccccc4)nc(Nc4ccc(N=Nc5ccc(O)c(C(=O)[O-])c5)cc4)n3)c(S(=O)(=O)[O-])c2)c2c1C(=O)c1ccccc1C2=O.[Na+].[Na+].[Na+]. The maximum absolute atomic E-state index is 13.8. The fourth-order valence-corrected chi connectivity index (χ4v) is 7.88. The van der Waals surface area contributed by atoms with Crippen LogP contribution < -0.4 is 121 Å². The Morgan fingerprint density at radius 1 is 0.559 bits per heavy atom. The van der Waals surface area contributed by atoms with Crippen LogP contribution in [0.4, 0.5) is 63.3 Å². The molecule has 1 aliphatic rings. The van der Waals surface area contributed by atoms with Crippen molar-refractivity contribution >= 4 is 101 Å². The Kier molecular flexibility index (Phi) is 17.1. The quantitative estimate of drug-likeness (QED) is 0.0283. The van der Waals surface area contributed by atoms with Gasteiger partial charge in [-0.25, -0.2) is 16.8 Å². The van der Waals surface area contributed by atoms with Crippen molar-refractivity contribution in [2.75, 3.05) is 27.0 Å². The van der Waals surface area contributed by atoms with Gasteiger partial charge in [-0.15, -0.1) is 0 Å². The number of hydrogen-bond donors (Lipinski definition) is 6. The number of aromatic nitrogens is 3. The van der Waals surface area contributed by atoms with Crippen molar-refractivity contribution in [2.24, 2.45) is 10.2 Å². The number of carboxylic acid groups (broad SMARTS) is 1. The standard InChI is InChI=1S/C42H30N10O11S2.3Na/c43-36-33(65(61,62)63)20-30(34-35(36)38(55)27-9-5-4-8-26(27)37(34)54)44-24-14-16-29(32(19-24)64(58,59)60)47-42-49-40(45-21-6-2-1-3-7-21)48-41(50-42)46-22-10-12-23(13-11-22)51-52-25-15-17-31(53)28(18-25)39(56)57;;;/h1-20,44,53H,43H2,(H,56,57)(H,58,59,60)(H,61,62,63)(H3,45,46,47,48,49,50);;;/q;3*+1/p-3. The van der Waals surface area contributed by atoms with Gasteiger partial charge in [-0.05, 0) is 78.9 Å². The fourth-order valence-electron chi connectivity index (χ4n) is 6.59. The average Bonchev–Trinajstić information content (AvgIpc) is 3.26. The summed E-state index contributed by atoms with van der Waals surface area (Å²) in [4.78, 5) is 49.8. The van der Waals surface area contributed by atoms with E-state index in [0.717, 1.165) is 30.3 Å². The molecule has 7 N–H and O–H groups in total. The summed E-state index contributed by atoms with van der Waals surface area (Å²) in [5.41, 5.74) is 4.33. The number of fused-ring (bicyclic) bond motifs is 2. The van der Waals surface area contributed by atoms with Gasteiger partial charge >= 0.3 is 88.7 Å². The number of nitrogens with zero attached hydrogens (tertiary/aromatic N) is 5. The molecule has 0 bridgehead atoms. The second-order valence-corrected chi connectivity index (χ2v) is 16.5. The molecule has 1 heterocycles. The first-order chi connectivity index (χ1) is 30.9. The fraction of sp³-hybridized carbons (Fsp3) is 0. The first-order valence-electron chi connectivity index (χ1n) is 18.6. The Bertz CT molecular complexity index is 3390. The predicted molar refractivity (Wildman–Crippen MR) is 229 cm³/mol. The molecule has 68 heavy (non-hydrogen) atoms. The molecule has 26 heteroatoms. The molecule has 1 aliphatic carbocycles. The van der Waals surface area contributed by atoms with Crippen molar-refractivity contribution in [2.45, 2.75) is 9.79 Å². The Morgan fingerprint density at radius 2 is 1.06 bits per heavy atom. The zero-order valence-corrected chi connectivity index (χ0v) is 43.3. The minimum absolute atomic E-state index is 0. The summed E-state index contributed by atoms with van der Waals surface area (Å²) in [7, 11) is -10.7. The number of aromatic hydroxyl groups is 1. The molecule has 7 aromatic rings. The molecule has 0 amide bonds. The molecular weight excluding hydrogens is 954 g/mol. The smallest absolute Gasteiger partial charge is 0.744 e. The number of rotatable bonds is 13. The average molecular weight is 981 g/mol. The molecule has 0 fully saturated rings. The van der Waals surface area contributed by atoms with Crippen LogP contribution in [-0.2, 0) is 20.2 Å². The molecule has 0 radical (unpaired) electrons. The van der Waals surface area contributed by atoms with Crippen LogP contribution in [0.15, 0.2) is 141 Å². The van der Waals surface area contributed by atoms with Crippen molar-refractivity contribution in [1.29, 1.82) is 0 Å². The third-order valence-corrected chi connectivity index (χ3v) is 11.3. The van der Waals surface area contributed by atoms with Crippen LogP contribution >= 0.6 is 0 Å². The van der Waals surface area contributed by atoms with Crippen LogP contribution in [0, 0.1) is 0 Å². The number of ketones is 2. The minimum atomic E-state index is -5.33. The zero-order chi connectivity index (χ0) is 46.2. The molecule has 21 nitrogen and oxygen atoms in total. The number of phenols is 1. The van der Waals surface area contributed by atoms with Crippen LogP contribution in [0.25, 0.3) is 0 Å².